The Morgan fingerprint density at radius 1 is 0.900 bits per heavy atom. The Morgan fingerprint density at radius 2 is 1.57 bits per heavy atom. The van der Waals surface area contributed by atoms with E-state index in [0.29, 0.717) is 23.5 Å². The van der Waals surface area contributed by atoms with Crippen LogP contribution in [0.5, 0.6) is 5.75 Å². The summed E-state index contributed by atoms with van der Waals surface area (Å²) in [6, 6.07) is 13.0. The summed E-state index contributed by atoms with van der Waals surface area (Å²) in [5.74, 6) is 1.16. The maximum absolute atomic E-state index is 13.0. The Bertz CT molecular complexity index is 1110. The van der Waals surface area contributed by atoms with Crippen LogP contribution in [-0.4, -0.2) is 29.1 Å². The molecule has 2 aromatic rings. The molecule has 0 aromatic heterocycles. The van der Waals surface area contributed by atoms with Gasteiger partial charge >= 0.3 is 0 Å². The molecule has 1 aliphatic rings. The average Bonchev–Trinajstić information content (AvgIpc) is 3.35. The second-order valence-corrected chi connectivity index (χ2v) is 12.1. The molecule has 0 bridgehead atoms. The van der Waals surface area contributed by atoms with E-state index in [-0.39, 0.29) is 11.7 Å². The molecule has 3 rings (SSSR count). The summed E-state index contributed by atoms with van der Waals surface area (Å²) < 4.78 is 5.97. The predicted octanol–water partition coefficient (Wildman–Crippen LogP) is 9.59. The molecule has 0 aliphatic carbocycles. The summed E-state index contributed by atoms with van der Waals surface area (Å²) in [5.41, 5.74) is 2.78. The van der Waals surface area contributed by atoms with Gasteiger partial charge in [-0.3, -0.25) is 9.59 Å². The zero-order valence-corrected chi connectivity index (χ0v) is 25.6. The van der Waals surface area contributed by atoms with E-state index in [2.05, 4.69) is 36.3 Å². The van der Waals surface area contributed by atoms with Crippen molar-refractivity contribution in [3.63, 3.8) is 0 Å². The Kier molecular flexibility index (Phi) is 14.2. The maximum atomic E-state index is 13.0. The zero-order chi connectivity index (χ0) is 28.6. The fraction of sp³-hybridized carbons (Fsp3) is 0.529. The molecular formula is C34H48N2O3S. The number of carbonyl (C=O) groups excluding carboxylic acids is 2. The van der Waals surface area contributed by atoms with E-state index >= 15 is 0 Å². The number of ketones is 1. The van der Waals surface area contributed by atoms with Gasteiger partial charge in [-0.2, -0.15) is 0 Å². The molecule has 5 nitrogen and oxygen atoms in total. The van der Waals surface area contributed by atoms with Crippen LogP contribution in [-0.2, 0) is 6.54 Å². The summed E-state index contributed by atoms with van der Waals surface area (Å²) in [6.07, 6.45) is 17.7. The third-order valence-electron chi connectivity index (χ3n) is 7.27. The molecule has 0 saturated carbocycles. The molecule has 1 N–H and O–H groups in total. The number of unbranched alkanes of at least 4 members (excludes halogenated alkanes) is 11. The number of thioether (sulfide) groups is 1. The molecule has 218 valence electrons. The molecule has 0 unspecified atom stereocenters. The van der Waals surface area contributed by atoms with Crippen molar-refractivity contribution in [1.82, 2.24) is 4.90 Å². The molecule has 0 spiro atoms. The van der Waals surface area contributed by atoms with E-state index in [1.54, 1.807) is 18.2 Å². The van der Waals surface area contributed by atoms with E-state index in [1.165, 1.54) is 76.0 Å². The lowest BCUT2D eigenvalue weighted by molar-refractivity contribution is 0.101. The van der Waals surface area contributed by atoms with Crippen LogP contribution in [0, 0.1) is 0 Å². The van der Waals surface area contributed by atoms with Crippen molar-refractivity contribution < 1.29 is 14.3 Å². The fourth-order valence-electron chi connectivity index (χ4n) is 4.99. The Balaban J connectivity index is 1.40. The molecule has 40 heavy (non-hydrogen) atoms. The molecule has 2 aromatic carbocycles. The quantitative estimate of drug-likeness (QED) is 0.136. The minimum atomic E-state index is -0.236. The van der Waals surface area contributed by atoms with Crippen LogP contribution in [0.4, 0.5) is 5.69 Å². The molecule has 0 radical (unpaired) electrons. The molecular weight excluding hydrogens is 516 g/mol. The van der Waals surface area contributed by atoms with Gasteiger partial charge in [0, 0.05) is 24.0 Å². The van der Waals surface area contributed by atoms with Gasteiger partial charge in [-0.25, -0.2) is 0 Å². The predicted molar refractivity (Wildman–Crippen MR) is 169 cm³/mol. The molecule has 6 heteroatoms. The smallest absolute Gasteiger partial charge is 0.255 e. The van der Waals surface area contributed by atoms with E-state index < -0.39 is 0 Å². The van der Waals surface area contributed by atoms with Crippen molar-refractivity contribution >= 4 is 29.1 Å². The second kappa shape index (κ2) is 17.9. The highest BCUT2D eigenvalue weighted by molar-refractivity contribution is 8.03. The largest absolute Gasteiger partial charge is 0.493 e. The van der Waals surface area contributed by atoms with Gasteiger partial charge in [-0.1, -0.05) is 89.7 Å². The van der Waals surface area contributed by atoms with Crippen LogP contribution in [0.3, 0.4) is 0 Å². The molecule has 0 fully saturated rings. The highest BCUT2D eigenvalue weighted by Crippen LogP contribution is 2.27. The first kappa shape index (κ1) is 31.8. The van der Waals surface area contributed by atoms with Crippen molar-refractivity contribution in [2.24, 2.45) is 0 Å². The number of ether oxygens (including phenoxy) is 1. The number of rotatable bonds is 19. The maximum Gasteiger partial charge on any atom is 0.255 e. The SMILES string of the molecule is CCCCCCCCCCCCCCOc1ccc(C(=O)Nc2cccc(CN3C=C(C)SC3)c2)cc1C(C)=O. The minimum absolute atomic E-state index is 0.104. The van der Waals surface area contributed by atoms with Gasteiger partial charge in [0.25, 0.3) is 5.91 Å². The van der Waals surface area contributed by atoms with E-state index in [9.17, 15) is 9.59 Å². The van der Waals surface area contributed by atoms with Crippen LogP contribution in [0.25, 0.3) is 0 Å². The summed E-state index contributed by atoms with van der Waals surface area (Å²) in [6.45, 7) is 7.28. The number of amides is 1. The van der Waals surface area contributed by atoms with Gasteiger partial charge in [-0.05, 0) is 61.1 Å². The van der Waals surface area contributed by atoms with Crippen LogP contribution in [0.1, 0.15) is 124 Å². The normalized spacial score (nSPS) is 12.9. The van der Waals surface area contributed by atoms with Crippen LogP contribution in [0.2, 0.25) is 0 Å². The van der Waals surface area contributed by atoms with Crippen LogP contribution >= 0.6 is 11.8 Å². The fourth-order valence-corrected chi connectivity index (χ4v) is 5.75. The zero-order valence-electron chi connectivity index (χ0n) is 24.8. The summed E-state index contributed by atoms with van der Waals surface area (Å²) >= 11 is 1.83. The number of hydrogen-bond donors (Lipinski definition) is 1. The average molecular weight is 565 g/mol. The van der Waals surface area contributed by atoms with Gasteiger partial charge in [0.05, 0.1) is 18.0 Å². The van der Waals surface area contributed by atoms with Crippen molar-refractivity contribution in [2.45, 2.75) is 104 Å². The number of anilines is 1. The van der Waals surface area contributed by atoms with Crippen LogP contribution in [0.15, 0.2) is 53.6 Å². The summed E-state index contributed by atoms with van der Waals surface area (Å²) in [5, 5.41) is 2.98. The number of carbonyl (C=O) groups is 2. The summed E-state index contributed by atoms with van der Waals surface area (Å²) in [4.78, 5) is 28.9. The molecule has 1 aliphatic heterocycles. The molecule has 1 heterocycles. The number of Topliss-reactive ketones (excluding diaryl/α,β-unsaturated/α-hetero) is 1. The first-order valence-electron chi connectivity index (χ1n) is 15.2. The van der Waals surface area contributed by atoms with Gasteiger partial charge in [0.1, 0.15) is 5.75 Å². The number of nitrogens with zero attached hydrogens (tertiary/aromatic N) is 1. The molecule has 0 atom stereocenters. The monoisotopic (exact) mass is 564 g/mol. The first-order chi connectivity index (χ1) is 19.5. The van der Waals surface area contributed by atoms with E-state index in [0.717, 1.165) is 36.5 Å². The van der Waals surface area contributed by atoms with Crippen LogP contribution < -0.4 is 10.1 Å². The molecule has 0 saturated heterocycles. The Hall–Kier alpha value is -2.73. The van der Waals surface area contributed by atoms with Gasteiger partial charge < -0.3 is 15.0 Å². The van der Waals surface area contributed by atoms with Gasteiger partial charge in [0.15, 0.2) is 5.78 Å². The number of nitrogens with one attached hydrogen (secondary N) is 1. The van der Waals surface area contributed by atoms with Crippen molar-refractivity contribution in [1.29, 1.82) is 0 Å². The Labute approximate surface area is 246 Å². The van der Waals surface area contributed by atoms with Gasteiger partial charge in [0.2, 0.25) is 0 Å². The number of allylic oxidation sites excluding steroid dienone is 1. The van der Waals surface area contributed by atoms with Gasteiger partial charge in [-0.15, -0.1) is 11.8 Å². The van der Waals surface area contributed by atoms with Crippen molar-refractivity contribution in [3.05, 3.63) is 70.3 Å². The van der Waals surface area contributed by atoms with E-state index in [1.807, 2.05) is 30.0 Å². The summed E-state index contributed by atoms with van der Waals surface area (Å²) in [7, 11) is 0. The lowest BCUT2D eigenvalue weighted by Gasteiger charge is -2.15. The third kappa shape index (κ3) is 11.4. The first-order valence-corrected chi connectivity index (χ1v) is 16.2. The minimum Gasteiger partial charge on any atom is -0.493 e. The number of benzene rings is 2. The highest BCUT2D eigenvalue weighted by atomic mass is 32.2. The molecule has 1 amide bonds. The highest BCUT2D eigenvalue weighted by Gasteiger charge is 2.15. The lowest BCUT2D eigenvalue weighted by atomic mass is 10.1. The lowest BCUT2D eigenvalue weighted by Crippen LogP contribution is -2.15. The standard InChI is InChI=1S/C34H48N2O3S/c1-4-5-6-7-8-9-10-11-12-13-14-15-21-39-33-20-19-30(23-32(33)28(3)37)34(38)35-31-18-16-17-29(22-31)25-36-24-27(2)40-26-36/h16-20,22-24H,4-15,21,25-26H2,1-3H3,(H,35,38). The number of hydrogen-bond acceptors (Lipinski definition) is 5. The second-order valence-electron chi connectivity index (χ2n) is 10.9. The van der Waals surface area contributed by atoms with Crippen molar-refractivity contribution in [2.75, 3.05) is 17.8 Å². The topological polar surface area (TPSA) is 58.6 Å². The van der Waals surface area contributed by atoms with E-state index in [4.69, 9.17) is 4.74 Å². The van der Waals surface area contributed by atoms with Crippen molar-refractivity contribution in [3.8, 4) is 5.75 Å². The third-order valence-corrected chi connectivity index (χ3v) is 8.29. The Morgan fingerprint density at radius 3 is 2.20 bits per heavy atom.